The van der Waals surface area contributed by atoms with Crippen molar-refractivity contribution in [2.24, 2.45) is 0 Å². The Kier molecular flexibility index (Phi) is 11.8. The Labute approximate surface area is 502 Å². The number of anilines is 6. The van der Waals surface area contributed by atoms with Gasteiger partial charge in [-0.15, -0.1) is 0 Å². The van der Waals surface area contributed by atoms with E-state index in [9.17, 15) is 10.5 Å². The van der Waals surface area contributed by atoms with Crippen molar-refractivity contribution < 1.29 is 26.3 Å². The first-order chi connectivity index (χ1) is 42.4. The fourth-order valence-electron chi connectivity index (χ4n) is 14.5. The largest absolute Gasteiger partial charge is 0.416 e. The summed E-state index contributed by atoms with van der Waals surface area (Å²) in [6.07, 6.45) is -9.66. The van der Waals surface area contributed by atoms with Crippen molar-refractivity contribution >= 4 is 77.7 Å². The highest BCUT2D eigenvalue weighted by Crippen LogP contribution is 2.60. The zero-order valence-electron chi connectivity index (χ0n) is 47.9. The number of para-hydroxylation sites is 6. The number of nitrogens with zero attached hydrogens (tertiary/aromatic N) is 6. The first-order valence-electron chi connectivity index (χ1n) is 28.9. The van der Waals surface area contributed by atoms with Crippen LogP contribution in [0.15, 0.2) is 231 Å². The van der Waals surface area contributed by atoms with E-state index in [2.05, 4.69) is 73.9 Å². The quantitative estimate of drug-likeness (QED) is 0.156. The number of benzene rings is 11. The molecule has 13 aromatic rings. The summed E-state index contributed by atoms with van der Waals surface area (Å²) >= 11 is 0. The van der Waals surface area contributed by atoms with Crippen LogP contribution in [0, 0.1) is 22.7 Å². The molecule has 0 radical (unpaired) electrons. The molecule has 0 unspecified atom stereocenters. The standard InChI is InChI=1S/C76H50F6N6/c1-73(2)57-29-13-17-33-61(57)85(47-21-7-5-8-22-47)63-35-19-27-53(69(63)73)67-55(43-83)68(54-28-20-36-64-70(54)74(3,4)58-30-14-18-34-62(58)86(64)48-23-9-6-10-24-48)72(88-60-32-16-12-26-50(60)52-40-38-46(42-66(52)88)76(80,81)82)71(56(67)44-84)87-59-31-15-11-25-49(59)51-39-37-45(41-65(51)87)75(77,78)79/h5-42H,1-4H3. The molecule has 11 aromatic carbocycles. The normalized spacial score (nSPS) is 14.1. The third-order valence-electron chi connectivity index (χ3n) is 18.1. The van der Waals surface area contributed by atoms with Crippen molar-refractivity contribution in [3.8, 4) is 45.8 Å². The number of hydrogen-bond acceptors (Lipinski definition) is 4. The molecule has 0 N–H and O–H groups in total. The van der Waals surface area contributed by atoms with Gasteiger partial charge in [-0.2, -0.15) is 36.9 Å². The van der Waals surface area contributed by atoms with Crippen molar-refractivity contribution in [3.05, 3.63) is 275 Å². The van der Waals surface area contributed by atoms with Gasteiger partial charge in [-0.3, -0.25) is 0 Å². The maximum absolute atomic E-state index is 15.5. The zero-order valence-corrected chi connectivity index (χ0v) is 47.9. The summed E-state index contributed by atoms with van der Waals surface area (Å²) in [7, 11) is 0. The van der Waals surface area contributed by atoms with Gasteiger partial charge in [-0.1, -0.05) is 173 Å². The van der Waals surface area contributed by atoms with E-state index in [0.717, 1.165) is 80.6 Å². The number of fused-ring (bicyclic) bond motifs is 10. The maximum Gasteiger partial charge on any atom is 0.416 e. The summed E-state index contributed by atoms with van der Waals surface area (Å²) in [5.41, 5.74) is 7.22. The molecule has 2 aliphatic rings. The van der Waals surface area contributed by atoms with Crippen LogP contribution in [0.3, 0.4) is 0 Å². The predicted octanol–water partition coefficient (Wildman–Crippen LogP) is 21.2. The number of halogens is 6. The van der Waals surface area contributed by atoms with Gasteiger partial charge in [0.2, 0.25) is 0 Å². The average Bonchev–Trinajstić information content (AvgIpc) is 1.42. The number of alkyl halides is 6. The summed E-state index contributed by atoms with van der Waals surface area (Å²) in [6, 6.07) is 74.4. The second-order valence-corrected chi connectivity index (χ2v) is 23.6. The van der Waals surface area contributed by atoms with E-state index in [4.69, 9.17) is 0 Å². The fourth-order valence-corrected chi connectivity index (χ4v) is 14.5. The predicted molar refractivity (Wildman–Crippen MR) is 339 cm³/mol. The molecule has 426 valence electrons. The van der Waals surface area contributed by atoms with E-state index in [-0.39, 0.29) is 44.7 Å². The van der Waals surface area contributed by atoms with Gasteiger partial charge in [0.05, 0.1) is 78.4 Å². The third kappa shape index (κ3) is 7.74. The molecule has 0 aliphatic carbocycles. The lowest BCUT2D eigenvalue weighted by Crippen LogP contribution is -2.32. The molecule has 88 heavy (non-hydrogen) atoms. The molecule has 0 atom stereocenters. The van der Waals surface area contributed by atoms with Crippen LogP contribution in [0.5, 0.6) is 0 Å². The number of aromatic nitrogens is 2. The first kappa shape index (κ1) is 53.9. The second kappa shape index (κ2) is 19.3. The summed E-state index contributed by atoms with van der Waals surface area (Å²) in [6.45, 7) is 8.44. The third-order valence-corrected chi connectivity index (χ3v) is 18.1. The van der Waals surface area contributed by atoms with E-state index < -0.39 is 34.3 Å². The second-order valence-electron chi connectivity index (χ2n) is 23.6. The van der Waals surface area contributed by atoms with Gasteiger partial charge >= 0.3 is 12.4 Å². The molecule has 15 rings (SSSR count). The molecule has 4 heterocycles. The van der Waals surface area contributed by atoms with Crippen LogP contribution in [0.1, 0.15) is 72.2 Å². The maximum atomic E-state index is 15.5. The molecule has 2 aliphatic heterocycles. The Hall–Kier alpha value is -10.8. The Morgan fingerprint density at radius 3 is 1.17 bits per heavy atom. The monoisotopic (exact) mass is 1160 g/mol. The Morgan fingerprint density at radius 2 is 0.727 bits per heavy atom. The van der Waals surface area contributed by atoms with Crippen molar-refractivity contribution in [2.45, 2.75) is 50.9 Å². The molecular weight excluding hydrogens is 1110 g/mol. The lowest BCUT2D eigenvalue weighted by molar-refractivity contribution is -0.138. The highest BCUT2D eigenvalue weighted by Gasteiger charge is 2.45. The molecule has 6 nitrogen and oxygen atoms in total. The van der Waals surface area contributed by atoms with E-state index in [0.29, 0.717) is 43.7 Å². The van der Waals surface area contributed by atoms with Gasteiger partial charge in [0, 0.05) is 54.9 Å². The number of hydrogen-bond donors (Lipinski definition) is 0. The van der Waals surface area contributed by atoms with E-state index >= 15 is 26.3 Å². The highest BCUT2D eigenvalue weighted by molar-refractivity contribution is 6.15. The Bertz CT molecular complexity index is 5170. The van der Waals surface area contributed by atoms with Crippen LogP contribution in [0.4, 0.5) is 60.5 Å². The van der Waals surface area contributed by atoms with Crippen molar-refractivity contribution in [2.75, 3.05) is 9.80 Å². The molecule has 0 saturated heterocycles. The van der Waals surface area contributed by atoms with Crippen LogP contribution in [0.2, 0.25) is 0 Å². The minimum atomic E-state index is -4.83. The molecular formula is C76H50F6N6. The average molecular weight is 1160 g/mol. The first-order valence-corrected chi connectivity index (χ1v) is 28.9. The minimum absolute atomic E-state index is 0.0218. The molecule has 12 heteroatoms. The highest BCUT2D eigenvalue weighted by atomic mass is 19.4. The topological polar surface area (TPSA) is 63.9 Å². The van der Waals surface area contributed by atoms with E-state index in [1.165, 1.54) is 12.1 Å². The summed E-state index contributed by atoms with van der Waals surface area (Å²) in [4.78, 5) is 4.34. The summed E-state index contributed by atoms with van der Waals surface area (Å²) in [5.74, 6) is 0. The summed E-state index contributed by atoms with van der Waals surface area (Å²) < 4.78 is 96.4. The summed E-state index contributed by atoms with van der Waals surface area (Å²) in [5, 5.41) is 27.5. The van der Waals surface area contributed by atoms with Crippen LogP contribution in [-0.4, -0.2) is 9.13 Å². The van der Waals surface area contributed by atoms with E-state index in [1.807, 2.05) is 133 Å². The van der Waals surface area contributed by atoms with Gasteiger partial charge in [-0.25, -0.2) is 0 Å². The van der Waals surface area contributed by atoms with Gasteiger partial charge in [0.15, 0.2) is 0 Å². The molecule has 0 amide bonds. The minimum Gasteiger partial charge on any atom is -0.310 e. The van der Waals surface area contributed by atoms with Crippen molar-refractivity contribution in [1.29, 1.82) is 10.5 Å². The molecule has 0 bridgehead atoms. The molecule has 0 spiro atoms. The molecule has 0 fully saturated rings. The van der Waals surface area contributed by atoms with Gasteiger partial charge in [-0.05, 0) is 118 Å². The zero-order chi connectivity index (χ0) is 60.8. The van der Waals surface area contributed by atoms with Crippen molar-refractivity contribution in [3.63, 3.8) is 0 Å². The SMILES string of the molecule is CC1(C)c2ccccc2N(c2ccccc2)c2cccc(-c3c(C#N)c(-c4cccc5c4C(C)(C)c4ccccc4N5c4ccccc4)c(-n4c5ccccc5c5ccc(C(F)(F)F)cc54)c(-n4c5ccccc5c5ccc(C(F)(F)F)cc54)c3C#N)c21. The van der Waals surface area contributed by atoms with E-state index in [1.54, 1.807) is 45.5 Å². The lowest BCUT2D eigenvalue weighted by atomic mass is 9.68. The van der Waals surface area contributed by atoms with Gasteiger partial charge in [0.1, 0.15) is 12.1 Å². The fraction of sp³-hybridized carbons (Fsp3) is 0.105. The van der Waals surface area contributed by atoms with Crippen molar-refractivity contribution in [1.82, 2.24) is 9.13 Å². The number of rotatable bonds is 6. The number of nitriles is 2. The Balaban J connectivity index is 1.23. The van der Waals surface area contributed by atoms with Crippen LogP contribution in [-0.2, 0) is 23.2 Å². The molecule has 2 aromatic heterocycles. The Morgan fingerprint density at radius 1 is 0.352 bits per heavy atom. The van der Waals surface area contributed by atoms with Crippen LogP contribution < -0.4 is 9.80 Å². The van der Waals surface area contributed by atoms with Crippen LogP contribution in [0.25, 0.3) is 77.2 Å². The van der Waals surface area contributed by atoms with Gasteiger partial charge in [0.25, 0.3) is 0 Å². The molecule has 0 saturated carbocycles. The smallest absolute Gasteiger partial charge is 0.310 e. The lowest BCUT2D eigenvalue weighted by Gasteiger charge is -2.44. The van der Waals surface area contributed by atoms with Gasteiger partial charge < -0.3 is 18.9 Å². The van der Waals surface area contributed by atoms with Crippen LogP contribution >= 0.6 is 0 Å².